The summed E-state index contributed by atoms with van der Waals surface area (Å²) >= 11 is 5.80. The Morgan fingerprint density at radius 3 is 2.73 bits per heavy atom. The van der Waals surface area contributed by atoms with Crippen molar-refractivity contribution in [3.63, 3.8) is 0 Å². The van der Waals surface area contributed by atoms with E-state index >= 15 is 4.39 Å². The fourth-order valence-corrected chi connectivity index (χ4v) is 4.23. The summed E-state index contributed by atoms with van der Waals surface area (Å²) in [7, 11) is -3.39. The highest BCUT2D eigenvalue weighted by molar-refractivity contribution is 7.36. The molecule has 0 saturated carbocycles. The third-order valence-corrected chi connectivity index (χ3v) is 6.35. The highest BCUT2D eigenvalue weighted by Crippen LogP contribution is 2.45. The van der Waals surface area contributed by atoms with Crippen LogP contribution in [0, 0.1) is 0 Å². The molecule has 1 aromatic heterocycles. The van der Waals surface area contributed by atoms with E-state index in [1.807, 2.05) is 0 Å². The molecular weight excluding hydrogens is 486 g/mol. The van der Waals surface area contributed by atoms with Crippen LogP contribution in [0.1, 0.15) is 13.2 Å². The number of aromatic nitrogens is 2. The maximum absolute atomic E-state index is 15.0. The summed E-state index contributed by atoms with van der Waals surface area (Å²) in [6.07, 6.45) is -4.16. The highest BCUT2D eigenvalue weighted by atomic mass is 35.5. The zero-order valence-corrected chi connectivity index (χ0v) is 18.8. The van der Waals surface area contributed by atoms with Gasteiger partial charge in [-0.15, -0.1) is 0 Å². The third kappa shape index (κ3) is 5.52. The summed E-state index contributed by atoms with van der Waals surface area (Å²) in [5, 5.41) is 16.6. The van der Waals surface area contributed by atoms with Crippen molar-refractivity contribution < 1.29 is 38.1 Å². The van der Waals surface area contributed by atoms with Gasteiger partial charge >= 0.3 is 11.7 Å². The minimum atomic E-state index is -3.39. The van der Waals surface area contributed by atoms with E-state index in [0.29, 0.717) is 9.40 Å². The molecule has 15 heteroatoms. The smallest absolute Gasteiger partial charge is 0.351 e. The van der Waals surface area contributed by atoms with Gasteiger partial charge in [-0.3, -0.25) is 13.9 Å². The van der Waals surface area contributed by atoms with Gasteiger partial charge in [0.1, 0.15) is 29.8 Å². The Labute approximate surface area is 192 Å². The van der Waals surface area contributed by atoms with Crippen LogP contribution < -0.4 is 16.3 Å². The molecule has 12 nitrogen and oxygen atoms in total. The van der Waals surface area contributed by atoms with Gasteiger partial charge in [-0.05, 0) is 25.1 Å². The van der Waals surface area contributed by atoms with Gasteiger partial charge in [0.15, 0.2) is 6.23 Å². The monoisotopic (exact) mass is 506 g/mol. The summed E-state index contributed by atoms with van der Waals surface area (Å²) in [6.45, 7) is 0.562. The van der Waals surface area contributed by atoms with E-state index in [9.17, 15) is 24.4 Å². The van der Waals surface area contributed by atoms with Gasteiger partial charge in [-0.1, -0.05) is 34.6 Å². The molecule has 6 atom stereocenters. The van der Waals surface area contributed by atoms with Crippen molar-refractivity contribution in [2.24, 2.45) is 0 Å². The summed E-state index contributed by atoms with van der Waals surface area (Å²) in [5.41, 5.74) is 4.44. The van der Waals surface area contributed by atoms with Crippen molar-refractivity contribution >= 4 is 31.6 Å². The number of aliphatic hydroxyl groups is 1. The lowest BCUT2D eigenvalue weighted by atomic mass is 10.1. The number of anilines is 1. The molecule has 0 spiro atoms. The number of hydroxylamine groups is 1. The number of carbonyl (C=O) groups is 1. The van der Waals surface area contributed by atoms with Crippen molar-refractivity contribution in [1.29, 1.82) is 0 Å². The number of para-hydroxylation sites is 1. The van der Waals surface area contributed by atoms with Crippen molar-refractivity contribution in [1.82, 2.24) is 14.4 Å². The molecule has 1 aromatic carbocycles. The molecule has 1 saturated heterocycles. The predicted molar refractivity (Wildman–Crippen MR) is 113 cm³/mol. The molecule has 2 aromatic rings. The molecule has 0 aliphatic carbocycles. The van der Waals surface area contributed by atoms with Crippen LogP contribution in [0.25, 0.3) is 0 Å². The molecule has 0 amide bonds. The molecule has 0 bridgehead atoms. The summed E-state index contributed by atoms with van der Waals surface area (Å²) < 4.78 is 39.0. The average molecular weight is 507 g/mol. The Balaban J connectivity index is 1.73. The molecule has 2 heterocycles. The van der Waals surface area contributed by atoms with Gasteiger partial charge in [0.05, 0.1) is 6.61 Å². The van der Waals surface area contributed by atoms with Gasteiger partial charge in [0, 0.05) is 6.20 Å². The van der Waals surface area contributed by atoms with Gasteiger partial charge < -0.3 is 30.0 Å². The summed E-state index contributed by atoms with van der Waals surface area (Å²) in [4.78, 5) is 32.9. The minimum absolute atomic E-state index is 0.113. The first-order chi connectivity index (χ1) is 15.5. The summed E-state index contributed by atoms with van der Waals surface area (Å²) in [6, 6.07) is 7.78. The molecule has 33 heavy (non-hydrogen) atoms. The van der Waals surface area contributed by atoms with Crippen LogP contribution in [0.5, 0.6) is 5.75 Å². The number of carboxylic acids is 1. The molecule has 1 aliphatic rings. The standard InChI is InChI=1S/C18H21ClFN4O8P/c1-10(15(26)27)24(32-11-5-3-2-4-6-11)33(29)30-9-12-14(25)18(19,20)16(31-12)23-8-7-13(21)22-17(23)28/h2-8,10,12,14,16,25,33H,9H2,1H3,(H,26,27)(H2,21,22,28)/t10?,12-,14-,16-,18-/m1/s1. The maximum Gasteiger partial charge on any atom is 0.351 e. The largest absolute Gasteiger partial charge is 0.480 e. The molecule has 2 unspecified atom stereocenters. The van der Waals surface area contributed by atoms with Crippen LogP contribution >= 0.6 is 19.8 Å². The fraction of sp³-hybridized carbons (Fsp3) is 0.389. The number of nitrogens with zero attached hydrogens (tertiary/aromatic N) is 3. The first kappa shape index (κ1) is 25.1. The van der Waals surface area contributed by atoms with Crippen molar-refractivity contribution in [2.75, 3.05) is 12.3 Å². The second-order valence-electron chi connectivity index (χ2n) is 7.01. The van der Waals surface area contributed by atoms with E-state index in [4.69, 9.17) is 31.4 Å². The molecule has 4 N–H and O–H groups in total. The van der Waals surface area contributed by atoms with Crippen molar-refractivity contribution in [3.05, 3.63) is 53.1 Å². The number of ether oxygens (including phenoxy) is 1. The topological polar surface area (TPSA) is 166 Å². The predicted octanol–water partition coefficient (Wildman–Crippen LogP) is 1.16. The molecule has 0 radical (unpaired) electrons. The van der Waals surface area contributed by atoms with E-state index in [2.05, 4.69) is 4.98 Å². The number of hydrogen-bond donors (Lipinski definition) is 3. The van der Waals surface area contributed by atoms with Crippen LogP contribution in [0.2, 0.25) is 0 Å². The van der Waals surface area contributed by atoms with E-state index < -0.39 is 56.1 Å². The number of carboxylic acid groups (broad SMARTS) is 1. The Morgan fingerprint density at radius 2 is 2.12 bits per heavy atom. The summed E-state index contributed by atoms with van der Waals surface area (Å²) in [5.74, 6) is -1.26. The maximum atomic E-state index is 15.0. The molecule has 3 rings (SSSR count). The minimum Gasteiger partial charge on any atom is -0.480 e. The molecule has 1 fully saturated rings. The van der Waals surface area contributed by atoms with Crippen LogP contribution in [0.4, 0.5) is 10.2 Å². The zero-order chi connectivity index (χ0) is 24.3. The lowest BCUT2D eigenvalue weighted by Crippen LogP contribution is -2.41. The van der Waals surface area contributed by atoms with E-state index in [0.717, 1.165) is 6.20 Å². The van der Waals surface area contributed by atoms with Gasteiger partial charge in [-0.25, -0.2) is 9.18 Å². The van der Waals surface area contributed by atoms with Crippen molar-refractivity contribution in [3.8, 4) is 5.75 Å². The van der Waals surface area contributed by atoms with Gasteiger partial charge in [-0.2, -0.15) is 4.98 Å². The highest BCUT2D eigenvalue weighted by Gasteiger charge is 2.58. The average Bonchev–Trinajstić information content (AvgIpc) is 2.99. The number of aliphatic hydroxyl groups excluding tert-OH is 1. The van der Waals surface area contributed by atoms with Gasteiger partial charge in [0.2, 0.25) is 0 Å². The van der Waals surface area contributed by atoms with E-state index in [1.54, 1.807) is 18.2 Å². The first-order valence-electron chi connectivity index (χ1n) is 9.50. The number of aliphatic carboxylic acids is 1. The Bertz CT molecular complexity index is 1070. The normalized spacial score (nSPS) is 26.8. The van der Waals surface area contributed by atoms with E-state index in [-0.39, 0.29) is 11.6 Å². The molecular formula is C18H21ClFN4O8P. The second kappa shape index (κ2) is 10.2. The second-order valence-corrected chi connectivity index (χ2v) is 8.85. The van der Waals surface area contributed by atoms with Crippen LogP contribution in [0.15, 0.2) is 47.4 Å². The lowest BCUT2D eigenvalue weighted by Gasteiger charge is -2.25. The number of nitrogens with two attached hydrogens (primary N) is 1. The number of hydrogen-bond acceptors (Lipinski definition) is 9. The number of alkyl halides is 2. The SMILES string of the molecule is CC(C(=O)O)N(Oc1ccccc1)[PH](=O)OC[C@H]1O[C@@H](n2ccc(N)nc2=O)[C@@](F)(Cl)[C@@H]1O. The van der Waals surface area contributed by atoms with Crippen LogP contribution in [0.3, 0.4) is 0 Å². The first-order valence-corrected chi connectivity index (χ1v) is 11.1. The van der Waals surface area contributed by atoms with Crippen LogP contribution in [-0.2, 0) is 18.6 Å². The Hall–Kier alpha value is -2.54. The fourth-order valence-electron chi connectivity index (χ4n) is 2.90. The van der Waals surface area contributed by atoms with Crippen molar-refractivity contribution in [2.45, 2.75) is 36.5 Å². The Kier molecular flexibility index (Phi) is 7.73. The third-order valence-electron chi connectivity index (χ3n) is 4.69. The number of halogens is 2. The zero-order valence-electron chi connectivity index (χ0n) is 17.1. The number of rotatable bonds is 9. The van der Waals surface area contributed by atoms with Gasteiger partial charge in [0.25, 0.3) is 13.3 Å². The quantitative estimate of drug-likeness (QED) is 0.254. The molecule has 180 valence electrons. The number of benzene rings is 1. The Morgan fingerprint density at radius 1 is 1.45 bits per heavy atom. The lowest BCUT2D eigenvalue weighted by molar-refractivity contribution is -0.148. The van der Waals surface area contributed by atoms with E-state index in [1.165, 1.54) is 25.1 Å². The van der Waals surface area contributed by atoms with Crippen LogP contribution in [-0.4, -0.2) is 60.6 Å². The molecule has 1 aliphatic heterocycles. The number of nitrogen functional groups attached to an aromatic ring is 1.